The number of carbonyl (C=O) groups excluding carboxylic acids is 3. The monoisotopic (exact) mass is 946 g/mol. The lowest BCUT2D eigenvalue weighted by Crippen LogP contribution is -2.59. The number of carboxylic acid groups (broad SMARTS) is 1. The Labute approximate surface area is 376 Å². The molecular formula is C42H37Cl3F4N8O7. The number of hydrogen-bond acceptors (Lipinski definition) is 9. The van der Waals surface area contributed by atoms with Crippen LogP contribution in [0.2, 0.25) is 10.0 Å². The van der Waals surface area contributed by atoms with Crippen molar-refractivity contribution in [3.8, 4) is 0 Å². The molecule has 6 aromatic rings. The molecule has 2 saturated heterocycles. The van der Waals surface area contributed by atoms with Gasteiger partial charge in [0.25, 0.3) is 34.8 Å². The number of hydrogen-bond donors (Lipinski definition) is 4. The van der Waals surface area contributed by atoms with E-state index < -0.39 is 72.8 Å². The molecule has 8 rings (SSSR count). The van der Waals surface area contributed by atoms with Crippen LogP contribution in [0.15, 0.2) is 107 Å². The largest absolute Gasteiger partial charge is 0.480 e. The van der Waals surface area contributed by atoms with Gasteiger partial charge < -0.3 is 26.0 Å². The van der Waals surface area contributed by atoms with Crippen molar-refractivity contribution in [3.63, 3.8) is 0 Å². The van der Waals surface area contributed by atoms with E-state index in [0.29, 0.717) is 20.8 Å². The number of carboxylic acids is 1. The number of alkyl halides is 4. The van der Waals surface area contributed by atoms with Crippen LogP contribution in [-0.4, -0.2) is 90.8 Å². The Morgan fingerprint density at radius 3 is 1.44 bits per heavy atom. The fourth-order valence-corrected chi connectivity index (χ4v) is 6.42. The lowest BCUT2D eigenvalue weighted by Gasteiger charge is -2.38. The molecule has 6 heterocycles. The van der Waals surface area contributed by atoms with Crippen molar-refractivity contribution in [3.05, 3.63) is 150 Å². The number of benzene rings is 2. The number of aromatic nitrogens is 4. The Kier molecular flexibility index (Phi) is 15.8. The topological polar surface area (TPSA) is 198 Å². The zero-order valence-corrected chi connectivity index (χ0v) is 35.5. The lowest BCUT2D eigenvalue weighted by molar-refractivity contribution is -0.166. The SMILES string of the molecule is Cl.FC1(F)CNC1.O=C(NCc1ccc(Cl)cc1)c1cc2cccnc2n(CC(=O)N2CC(F)(F)C2)c1=O.O=C(O)Cn1c(=O)c(C(=O)NCc2ccc(Cl)cc2)cc2cccnc21. The predicted molar refractivity (Wildman–Crippen MR) is 231 cm³/mol. The number of likely N-dealkylation sites (tertiary alicyclic amines) is 1. The molecule has 0 spiro atoms. The summed E-state index contributed by atoms with van der Waals surface area (Å²) in [4.78, 5) is 83.4. The summed E-state index contributed by atoms with van der Waals surface area (Å²) >= 11 is 11.7. The summed E-state index contributed by atoms with van der Waals surface area (Å²) in [6, 6.07) is 23.2. The van der Waals surface area contributed by atoms with E-state index in [1.54, 1.807) is 72.8 Å². The number of fused-ring (bicyclic) bond motifs is 2. The van der Waals surface area contributed by atoms with Crippen LogP contribution >= 0.6 is 35.6 Å². The molecule has 4 N–H and O–H groups in total. The van der Waals surface area contributed by atoms with Crippen LogP contribution in [0.3, 0.4) is 0 Å². The van der Waals surface area contributed by atoms with Gasteiger partial charge in [-0.05, 0) is 71.8 Å². The third-order valence-corrected chi connectivity index (χ3v) is 9.97. The first kappa shape index (κ1) is 48.6. The summed E-state index contributed by atoms with van der Waals surface area (Å²) in [5, 5.41) is 19.0. The molecule has 0 radical (unpaired) electrons. The highest BCUT2D eigenvalue weighted by atomic mass is 35.5. The second-order valence-electron chi connectivity index (χ2n) is 14.3. The van der Waals surface area contributed by atoms with Crippen LogP contribution in [0.4, 0.5) is 17.6 Å². The lowest BCUT2D eigenvalue weighted by atomic mass is 10.1. The standard InChI is InChI=1S/C21H17ClF2N4O3.C18H14ClN3O4.C3H5F2N.ClH/c22-15-5-3-13(4-6-15)9-26-19(30)16-8-14-2-1-7-25-18(14)28(20(16)31)10-17(29)27-11-21(23,24)12-27;19-13-5-3-11(4-6-13)9-21-17(25)14-8-12-2-1-7-20-16(12)22(18(14)26)10-15(23)24;4-3(5)1-6-2-3;/h1-8H,9-12H2,(H,26,30);1-8H,9-10H2,(H,21,25)(H,23,24);6H,1-2H2;1H. The van der Waals surface area contributed by atoms with Crippen LogP contribution < -0.4 is 27.1 Å². The van der Waals surface area contributed by atoms with Gasteiger partial charge >= 0.3 is 5.97 Å². The minimum Gasteiger partial charge on any atom is -0.480 e. The van der Waals surface area contributed by atoms with Crippen molar-refractivity contribution in [1.82, 2.24) is 40.0 Å². The van der Waals surface area contributed by atoms with Gasteiger partial charge in [-0.25, -0.2) is 27.5 Å². The zero-order valence-electron chi connectivity index (χ0n) is 33.2. The van der Waals surface area contributed by atoms with Crippen LogP contribution in [0.1, 0.15) is 31.8 Å². The maximum atomic E-state index is 13.1. The zero-order chi connectivity index (χ0) is 45.5. The predicted octanol–water partition coefficient (Wildman–Crippen LogP) is 5.17. The molecule has 2 aliphatic rings. The van der Waals surface area contributed by atoms with E-state index >= 15 is 0 Å². The smallest absolute Gasteiger partial charge is 0.323 e. The van der Waals surface area contributed by atoms with Gasteiger partial charge in [-0.2, -0.15) is 0 Å². The maximum Gasteiger partial charge on any atom is 0.323 e. The van der Waals surface area contributed by atoms with Gasteiger partial charge in [-0.15, -0.1) is 12.4 Å². The molecule has 0 atom stereocenters. The molecule has 4 aromatic heterocycles. The summed E-state index contributed by atoms with van der Waals surface area (Å²) in [6.07, 6.45) is 2.90. The Morgan fingerprint density at radius 1 is 0.672 bits per heavy atom. The summed E-state index contributed by atoms with van der Waals surface area (Å²) in [5.74, 6) is -8.35. The normalized spacial score (nSPS) is 14.2. The fraction of sp³-hybridized carbons (Fsp3) is 0.238. The van der Waals surface area contributed by atoms with Crippen molar-refractivity contribution in [2.45, 2.75) is 38.0 Å². The quantitative estimate of drug-likeness (QED) is 0.133. The number of amides is 3. The Morgan fingerprint density at radius 2 is 1.08 bits per heavy atom. The number of rotatable bonds is 10. The van der Waals surface area contributed by atoms with Gasteiger partial charge in [0.15, 0.2) is 0 Å². The van der Waals surface area contributed by atoms with Crippen molar-refractivity contribution < 1.29 is 41.8 Å². The summed E-state index contributed by atoms with van der Waals surface area (Å²) < 4.78 is 51.2. The van der Waals surface area contributed by atoms with Crippen LogP contribution in [0.5, 0.6) is 0 Å². The summed E-state index contributed by atoms with van der Waals surface area (Å²) in [7, 11) is 0. The number of nitrogens with zero attached hydrogens (tertiary/aromatic N) is 5. The van der Waals surface area contributed by atoms with E-state index in [9.17, 15) is 46.3 Å². The third-order valence-electron chi connectivity index (χ3n) is 9.47. The molecule has 64 heavy (non-hydrogen) atoms. The van der Waals surface area contributed by atoms with Crippen molar-refractivity contribution in [1.29, 1.82) is 0 Å². The highest BCUT2D eigenvalue weighted by molar-refractivity contribution is 6.30. The van der Waals surface area contributed by atoms with Crippen molar-refractivity contribution in [2.75, 3.05) is 26.2 Å². The molecule has 15 nitrogen and oxygen atoms in total. The maximum absolute atomic E-state index is 13.1. The first-order chi connectivity index (χ1) is 29.9. The second kappa shape index (κ2) is 20.8. The van der Waals surface area contributed by atoms with E-state index in [1.807, 2.05) is 0 Å². The van der Waals surface area contributed by atoms with E-state index in [1.165, 1.54) is 24.5 Å². The molecule has 22 heteroatoms. The Balaban J connectivity index is 0.000000212. The minimum absolute atomic E-state index is 0. The van der Waals surface area contributed by atoms with E-state index in [0.717, 1.165) is 25.2 Å². The molecular weight excluding hydrogens is 911 g/mol. The van der Waals surface area contributed by atoms with Gasteiger partial charge in [0.05, 0.1) is 26.2 Å². The van der Waals surface area contributed by atoms with Crippen molar-refractivity contribution in [2.24, 2.45) is 0 Å². The summed E-state index contributed by atoms with van der Waals surface area (Å²) in [5.41, 5.74) is 0.284. The van der Waals surface area contributed by atoms with Crippen molar-refractivity contribution >= 4 is 81.4 Å². The average Bonchev–Trinajstić information content (AvgIpc) is 3.23. The van der Waals surface area contributed by atoms with Crippen LogP contribution in [0.25, 0.3) is 22.1 Å². The molecule has 2 aliphatic heterocycles. The first-order valence-corrected chi connectivity index (χ1v) is 19.6. The number of halogens is 7. The number of aliphatic carboxylic acids is 1. The molecule has 0 aliphatic carbocycles. The van der Waals surface area contributed by atoms with E-state index in [2.05, 4.69) is 25.9 Å². The average molecular weight is 948 g/mol. The number of pyridine rings is 4. The molecule has 0 bridgehead atoms. The molecule has 0 saturated carbocycles. The third kappa shape index (κ3) is 12.4. The Hall–Kier alpha value is -6.41. The number of nitrogens with one attached hydrogen (secondary N) is 3. The minimum atomic E-state index is -2.91. The molecule has 0 unspecified atom stereocenters. The second-order valence-corrected chi connectivity index (χ2v) is 15.2. The van der Waals surface area contributed by atoms with Gasteiger partial charge in [0, 0.05) is 46.3 Å². The molecule has 2 fully saturated rings. The fourth-order valence-electron chi connectivity index (χ4n) is 6.16. The Bertz CT molecular complexity index is 2800. The summed E-state index contributed by atoms with van der Waals surface area (Å²) in [6.45, 7) is -2.33. The van der Waals surface area contributed by atoms with Gasteiger partial charge in [0.2, 0.25) is 5.91 Å². The van der Waals surface area contributed by atoms with Crippen LogP contribution in [-0.2, 0) is 35.8 Å². The van der Waals surface area contributed by atoms with E-state index in [4.69, 9.17) is 28.3 Å². The number of carbonyl (C=O) groups is 4. The highest BCUT2D eigenvalue weighted by Crippen LogP contribution is 2.27. The molecule has 2 aromatic carbocycles. The van der Waals surface area contributed by atoms with Gasteiger partial charge in [0.1, 0.15) is 35.5 Å². The van der Waals surface area contributed by atoms with Crippen LogP contribution in [0, 0.1) is 0 Å². The van der Waals surface area contributed by atoms with Gasteiger partial charge in [-0.1, -0.05) is 47.5 Å². The highest BCUT2D eigenvalue weighted by Gasteiger charge is 2.46. The first-order valence-electron chi connectivity index (χ1n) is 18.9. The molecule has 3 amide bonds. The van der Waals surface area contributed by atoms with E-state index in [-0.39, 0.29) is 61.0 Å². The molecule has 336 valence electrons. The van der Waals surface area contributed by atoms with Gasteiger partial charge in [-0.3, -0.25) is 37.9 Å².